The minimum absolute atomic E-state index is 0.0229. The Morgan fingerprint density at radius 1 is 1.14 bits per heavy atom. The van der Waals surface area contributed by atoms with E-state index in [2.05, 4.69) is 5.32 Å². The van der Waals surface area contributed by atoms with Crippen molar-refractivity contribution in [3.8, 4) is 0 Å². The van der Waals surface area contributed by atoms with Gasteiger partial charge in [-0.1, -0.05) is 18.2 Å². The third-order valence-electron chi connectivity index (χ3n) is 3.14. The summed E-state index contributed by atoms with van der Waals surface area (Å²) in [7, 11) is 1.92. The lowest BCUT2D eigenvalue weighted by atomic mass is 10.2. The van der Waals surface area contributed by atoms with E-state index >= 15 is 0 Å². The van der Waals surface area contributed by atoms with E-state index in [9.17, 15) is 4.79 Å². The molecule has 2 N–H and O–H groups in total. The summed E-state index contributed by atoms with van der Waals surface area (Å²) in [5.74, 6) is 0.362. The van der Waals surface area contributed by atoms with Gasteiger partial charge in [0.1, 0.15) is 0 Å². The van der Waals surface area contributed by atoms with Crippen LogP contribution in [0.25, 0.3) is 0 Å². The molecule has 0 spiro atoms. The van der Waals surface area contributed by atoms with E-state index in [1.807, 2.05) is 66.5 Å². The van der Waals surface area contributed by atoms with Gasteiger partial charge in [-0.2, -0.15) is 0 Å². The monoisotopic (exact) mass is 316 g/mol. The Morgan fingerprint density at radius 2 is 1.82 bits per heavy atom. The maximum Gasteiger partial charge on any atom is 0.234 e. The number of anilines is 2. The number of hydrogen-bond acceptors (Lipinski definition) is 4. The van der Waals surface area contributed by atoms with Crippen LogP contribution in [0.1, 0.15) is 0 Å². The largest absolute Gasteiger partial charge is 0.395 e. The number of nitrogens with zero attached hydrogens (tertiary/aromatic N) is 1. The summed E-state index contributed by atoms with van der Waals surface area (Å²) < 4.78 is 0. The second-order valence-electron chi connectivity index (χ2n) is 4.84. The van der Waals surface area contributed by atoms with Crippen LogP contribution in [0.15, 0.2) is 59.5 Å². The van der Waals surface area contributed by atoms with Crippen molar-refractivity contribution in [3.05, 3.63) is 54.6 Å². The summed E-state index contributed by atoms with van der Waals surface area (Å²) >= 11 is 1.51. The Morgan fingerprint density at radius 3 is 2.45 bits per heavy atom. The SMILES string of the molecule is CN(CCO)c1ccc(NC(=O)CSc2ccccc2)cc1. The summed E-state index contributed by atoms with van der Waals surface area (Å²) in [6.07, 6.45) is 0. The highest BCUT2D eigenvalue weighted by Crippen LogP contribution is 2.19. The van der Waals surface area contributed by atoms with Crippen LogP contribution in [-0.4, -0.2) is 37.0 Å². The summed E-state index contributed by atoms with van der Waals surface area (Å²) in [4.78, 5) is 15.0. The summed E-state index contributed by atoms with van der Waals surface area (Å²) in [5.41, 5.74) is 1.78. The van der Waals surface area contributed by atoms with Crippen molar-refractivity contribution in [3.63, 3.8) is 0 Å². The van der Waals surface area contributed by atoms with E-state index in [1.54, 1.807) is 0 Å². The van der Waals surface area contributed by atoms with Gasteiger partial charge in [-0.3, -0.25) is 4.79 Å². The fraction of sp³-hybridized carbons (Fsp3) is 0.235. The molecule has 0 saturated heterocycles. The molecule has 0 fully saturated rings. The zero-order chi connectivity index (χ0) is 15.8. The first-order valence-corrected chi connectivity index (χ1v) is 8.07. The molecule has 0 saturated carbocycles. The van der Waals surface area contributed by atoms with Gasteiger partial charge in [0.05, 0.1) is 12.4 Å². The standard InChI is InChI=1S/C17H20N2O2S/c1-19(11-12-20)15-9-7-14(8-10-15)18-17(21)13-22-16-5-3-2-4-6-16/h2-10,20H,11-13H2,1H3,(H,18,21). The molecule has 116 valence electrons. The van der Waals surface area contributed by atoms with Gasteiger partial charge in [0.15, 0.2) is 0 Å². The number of carbonyl (C=O) groups is 1. The molecule has 4 nitrogen and oxygen atoms in total. The van der Waals surface area contributed by atoms with Crippen molar-refractivity contribution in [1.29, 1.82) is 0 Å². The molecule has 0 aromatic heterocycles. The molecule has 0 radical (unpaired) electrons. The fourth-order valence-corrected chi connectivity index (χ4v) is 2.66. The second kappa shape index (κ2) is 8.46. The first-order valence-electron chi connectivity index (χ1n) is 7.09. The molecule has 2 rings (SSSR count). The second-order valence-corrected chi connectivity index (χ2v) is 5.89. The van der Waals surface area contributed by atoms with Crippen LogP contribution in [0.2, 0.25) is 0 Å². The highest BCUT2D eigenvalue weighted by molar-refractivity contribution is 8.00. The third-order valence-corrected chi connectivity index (χ3v) is 4.15. The first-order chi connectivity index (χ1) is 10.7. The molecule has 0 aliphatic heterocycles. The van der Waals surface area contributed by atoms with Crippen LogP contribution in [0.4, 0.5) is 11.4 Å². The van der Waals surface area contributed by atoms with E-state index in [1.165, 1.54) is 11.8 Å². The maximum atomic E-state index is 11.9. The molecule has 0 unspecified atom stereocenters. The zero-order valence-electron chi connectivity index (χ0n) is 12.5. The van der Waals surface area contributed by atoms with Crippen molar-refractivity contribution in [2.24, 2.45) is 0 Å². The predicted octanol–water partition coefficient (Wildman–Crippen LogP) is 2.85. The van der Waals surface area contributed by atoms with Gasteiger partial charge in [0.25, 0.3) is 0 Å². The van der Waals surface area contributed by atoms with E-state index in [-0.39, 0.29) is 12.5 Å². The lowest BCUT2D eigenvalue weighted by molar-refractivity contribution is -0.113. The highest BCUT2D eigenvalue weighted by Gasteiger charge is 2.05. The Labute approximate surface area is 135 Å². The minimum atomic E-state index is -0.0229. The lowest BCUT2D eigenvalue weighted by Gasteiger charge is -2.18. The van der Waals surface area contributed by atoms with E-state index in [0.717, 1.165) is 16.3 Å². The van der Waals surface area contributed by atoms with Crippen molar-refractivity contribution in [2.75, 3.05) is 36.2 Å². The number of aliphatic hydroxyl groups excluding tert-OH is 1. The molecule has 0 aliphatic carbocycles. The average Bonchev–Trinajstić information content (AvgIpc) is 2.55. The van der Waals surface area contributed by atoms with Crippen molar-refractivity contribution in [1.82, 2.24) is 0 Å². The van der Waals surface area contributed by atoms with Crippen molar-refractivity contribution >= 4 is 29.0 Å². The number of likely N-dealkylation sites (N-methyl/N-ethyl adjacent to an activating group) is 1. The number of benzene rings is 2. The lowest BCUT2D eigenvalue weighted by Crippen LogP contribution is -2.21. The van der Waals surface area contributed by atoms with Crippen molar-refractivity contribution < 1.29 is 9.90 Å². The van der Waals surface area contributed by atoms with Gasteiger partial charge >= 0.3 is 0 Å². The fourth-order valence-electron chi connectivity index (χ4n) is 1.94. The molecule has 0 aliphatic rings. The maximum absolute atomic E-state index is 11.9. The zero-order valence-corrected chi connectivity index (χ0v) is 13.3. The van der Waals surface area contributed by atoms with Crippen molar-refractivity contribution in [2.45, 2.75) is 4.90 Å². The molecule has 0 atom stereocenters. The third kappa shape index (κ3) is 5.09. The predicted molar refractivity (Wildman–Crippen MR) is 92.6 cm³/mol. The molecular formula is C17H20N2O2S. The van der Waals surface area contributed by atoms with Crippen LogP contribution in [-0.2, 0) is 4.79 Å². The Bertz CT molecular complexity index is 587. The van der Waals surface area contributed by atoms with Gasteiger partial charge in [-0.25, -0.2) is 0 Å². The normalized spacial score (nSPS) is 10.3. The number of amides is 1. The number of nitrogens with one attached hydrogen (secondary N) is 1. The quantitative estimate of drug-likeness (QED) is 0.771. The summed E-state index contributed by atoms with van der Waals surface area (Å²) in [6.45, 7) is 0.700. The van der Waals surface area contributed by atoms with Crippen LogP contribution in [0, 0.1) is 0 Å². The average molecular weight is 316 g/mol. The summed E-state index contributed by atoms with van der Waals surface area (Å²) in [5, 5.41) is 11.8. The molecule has 0 heterocycles. The summed E-state index contributed by atoms with van der Waals surface area (Å²) in [6, 6.07) is 17.4. The van der Waals surface area contributed by atoms with E-state index in [4.69, 9.17) is 5.11 Å². The molecule has 1 amide bonds. The Hall–Kier alpha value is -1.98. The van der Waals surface area contributed by atoms with Crippen LogP contribution in [0.3, 0.4) is 0 Å². The van der Waals surface area contributed by atoms with Crippen LogP contribution >= 0.6 is 11.8 Å². The number of carbonyl (C=O) groups excluding carboxylic acids is 1. The first kappa shape index (κ1) is 16.4. The highest BCUT2D eigenvalue weighted by atomic mass is 32.2. The molecule has 0 bridgehead atoms. The topological polar surface area (TPSA) is 52.6 Å². The minimum Gasteiger partial charge on any atom is -0.395 e. The molecule has 5 heteroatoms. The van der Waals surface area contributed by atoms with Gasteiger partial charge in [-0.05, 0) is 36.4 Å². The molecule has 2 aromatic carbocycles. The van der Waals surface area contributed by atoms with Crippen LogP contribution in [0.5, 0.6) is 0 Å². The van der Waals surface area contributed by atoms with E-state index in [0.29, 0.717) is 12.3 Å². The number of thioether (sulfide) groups is 1. The number of rotatable bonds is 7. The smallest absolute Gasteiger partial charge is 0.234 e. The van der Waals surface area contributed by atoms with Crippen LogP contribution < -0.4 is 10.2 Å². The van der Waals surface area contributed by atoms with Gasteiger partial charge in [0, 0.05) is 29.9 Å². The molecule has 2 aromatic rings. The number of hydrogen-bond donors (Lipinski definition) is 2. The Kier molecular flexibility index (Phi) is 6.30. The van der Waals surface area contributed by atoms with Gasteiger partial charge in [0.2, 0.25) is 5.91 Å². The number of aliphatic hydroxyl groups is 1. The van der Waals surface area contributed by atoms with Gasteiger partial charge < -0.3 is 15.3 Å². The van der Waals surface area contributed by atoms with E-state index < -0.39 is 0 Å². The van der Waals surface area contributed by atoms with Gasteiger partial charge in [-0.15, -0.1) is 11.8 Å². The molecular weight excluding hydrogens is 296 g/mol. The Balaban J connectivity index is 1.84. The molecule has 22 heavy (non-hydrogen) atoms.